The number of carbonyl (C=O) groups excluding carboxylic acids is 2. The summed E-state index contributed by atoms with van der Waals surface area (Å²) in [6.07, 6.45) is 5.03. The van der Waals surface area contributed by atoms with Crippen molar-refractivity contribution < 1.29 is 9.59 Å². The molecule has 0 spiro atoms. The molecule has 7 heteroatoms. The lowest BCUT2D eigenvalue weighted by Crippen LogP contribution is -2.44. The zero-order valence-electron chi connectivity index (χ0n) is 11.7. The van der Waals surface area contributed by atoms with E-state index in [4.69, 9.17) is 11.7 Å². The van der Waals surface area contributed by atoms with Gasteiger partial charge in [-0.2, -0.15) is 10.5 Å². The Balaban J connectivity index is 2.95. The van der Waals surface area contributed by atoms with Crippen molar-refractivity contribution in [1.82, 2.24) is 10.6 Å². The van der Waals surface area contributed by atoms with Gasteiger partial charge in [0.15, 0.2) is 0 Å². The molecule has 1 atom stereocenters. The normalized spacial score (nSPS) is 19.8. The van der Waals surface area contributed by atoms with Crippen molar-refractivity contribution in [2.24, 2.45) is 11.3 Å². The minimum atomic E-state index is -0.938. The maximum Gasteiger partial charge on any atom is 0.243 e. The van der Waals surface area contributed by atoms with E-state index in [1.54, 1.807) is 13.8 Å². The first kappa shape index (κ1) is 16.6. The molecular weight excluding hydrogens is 288 g/mol. The predicted octanol–water partition coefficient (Wildman–Crippen LogP) is 0.500. The summed E-state index contributed by atoms with van der Waals surface area (Å²) in [5.41, 5.74) is -0.605. The lowest BCUT2D eigenvalue weighted by molar-refractivity contribution is -0.125. The molecular formula is C14H14N4O2S. The van der Waals surface area contributed by atoms with Gasteiger partial charge in [0, 0.05) is 5.41 Å². The molecule has 1 heterocycles. The Morgan fingerprint density at radius 2 is 2.19 bits per heavy atom. The molecule has 0 saturated heterocycles. The average Bonchev–Trinajstić information content (AvgIpc) is 2.42. The van der Waals surface area contributed by atoms with Gasteiger partial charge in [0.05, 0.1) is 35.0 Å². The number of carbonyl (C=O) groups is 2. The number of terminal acetylenes is 1. The first-order valence-electron chi connectivity index (χ1n) is 6.06. The van der Waals surface area contributed by atoms with Gasteiger partial charge < -0.3 is 10.6 Å². The van der Waals surface area contributed by atoms with Crippen LogP contribution in [0.4, 0.5) is 0 Å². The minimum absolute atomic E-state index is 0.0236. The first-order valence-corrected chi connectivity index (χ1v) is 7.05. The summed E-state index contributed by atoms with van der Waals surface area (Å²) in [7, 11) is 0. The molecule has 0 aromatic rings. The van der Waals surface area contributed by atoms with Gasteiger partial charge in [0.25, 0.3) is 0 Å². The third-order valence-corrected chi connectivity index (χ3v) is 4.07. The molecule has 0 aromatic carbocycles. The van der Waals surface area contributed by atoms with Crippen LogP contribution in [0.5, 0.6) is 0 Å². The van der Waals surface area contributed by atoms with Crippen LogP contribution in [-0.4, -0.2) is 24.1 Å². The van der Waals surface area contributed by atoms with Crippen molar-refractivity contribution in [1.29, 1.82) is 10.5 Å². The third-order valence-electron chi connectivity index (χ3n) is 3.07. The summed E-state index contributed by atoms with van der Waals surface area (Å²) >= 11 is 1.04. The minimum Gasteiger partial charge on any atom is -0.344 e. The standard InChI is InChI=1S/C14H14N4O2S/c1-4-5-17-11(19)8-21-13-10(7-16)14(2,3)9(6-15)12(20)18-13/h1,9H,5,8H2,2-3H3,(H,17,19)(H,18,20)/t9-/m1/s1. The highest BCUT2D eigenvalue weighted by molar-refractivity contribution is 8.03. The number of thioether (sulfide) groups is 1. The lowest BCUT2D eigenvalue weighted by Gasteiger charge is -2.34. The summed E-state index contributed by atoms with van der Waals surface area (Å²) < 4.78 is 0. The quantitative estimate of drug-likeness (QED) is 0.736. The van der Waals surface area contributed by atoms with Crippen LogP contribution >= 0.6 is 11.8 Å². The second-order valence-electron chi connectivity index (χ2n) is 4.86. The molecule has 2 amide bonds. The molecule has 6 nitrogen and oxygen atoms in total. The van der Waals surface area contributed by atoms with Crippen LogP contribution in [0.3, 0.4) is 0 Å². The second kappa shape index (κ2) is 6.83. The number of nitrogens with zero attached hydrogens (tertiary/aromatic N) is 2. The Morgan fingerprint density at radius 1 is 1.52 bits per heavy atom. The Kier molecular flexibility index (Phi) is 5.41. The molecule has 1 rings (SSSR count). The van der Waals surface area contributed by atoms with Crippen LogP contribution in [0, 0.1) is 46.3 Å². The van der Waals surface area contributed by atoms with E-state index in [0.29, 0.717) is 10.6 Å². The highest BCUT2D eigenvalue weighted by Gasteiger charge is 2.44. The van der Waals surface area contributed by atoms with Crippen molar-refractivity contribution in [2.45, 2.75) is 13.8 Å². The fourth-order valence-corrected chi connectivity index (χ4v) is 2.88. The number of hydrogen-bond acceptors (Lipinski definition) is 5. The Morgan fingerprint density at radius 3 is 2.71 bits per heavy atom. The second-order valence-corrected chi connectivity index (χ2v) is 5.84. The largest absolute Gasteiger partial charge is 0.344 e. The molecule has 1 aliphatic rings. The molecule has 0 bridgehead atoms. The lowest BCUT2D eigenvalue weighted by atomic mass is 9.72. The van der Waals surface area contributed by atoms with Gasteiger partial charge in [-0.1, -0.05) is 31.5 Å². The fourth-order valence-electron chi connectivity index (χ4n) is 1.87. The Hall–Kier alpha value is -2.43. The van der Waals surface area contributed by atoms with E-state index in [2.05, 4.69) is 16.6 Å². The third kappa shape index (κ3) is 3.56. The Bertz CT molecular complexity index is 616. The van der Waals surface area contributed by atoms with Crippen LogP contribution in [0.25, 0.3) is 0 Å². The molecule has 21 heavy (non-hydrogen) atoms. The van der Waals surface area contributed by atoms with E-state index in [1.807, 2.05) is 12.1 Å². The molecule has 108 valence electrons. The molecule has 0 aliphatic carbocycles. The highest BCUT2D eigenvalue weighted by Crippen LogP contribution is 2.41. The highest BCUT2D eigenvalue weighted by atomic mass is 32.2. The van der Waals surface area contributed by atoms with E-state index >= 15 is 0 Å². The topological polar surface area (TPSA) is 106 Å². The van der Waals surface area contributed by atoms with Crippen LogP contribution in [0.2, 0.25) is 0 Å². The van der Waals surface area contributed by atoms with E-state index in [-0.39, 0.29) is 18.2 Å². The summed E-state index contributed by atoms with van der Waals surface area (Å²) in [6, 6.07) is 3.94. The van der Waals surface area contributed by atoms with E-state index in [0.717, 1.165) is 11.8 Å². The number of allylic oxidation sites excluding steroid dienone is 1. The zero-order valence-corrected chi connectivity index (χ0v) is 12.5. The molecule has 0 unspecified atom stereocenters. The number of nitrogens with one attached hydrogen (secondary N) is 2. The maximum atomic E-state index is 11.9. The van der Waals surface area contributed by atoms with Gasteiger partial charge >= 0.3 is 0 Å². The smallest absolute Gasteiger partial charge is 0.243 e. The van der Waals surface area contributed by atoms with Crippen molar-refractivity contribution >= 4 is 23.6 Å². The van der Waals surface area contributed by atoms with Gasteiger partial charge in [-0.15, -0.1) is 6.42 Å². The summed E-state index contributed by atoms with van der Waals surface area (Å²) in [5.74, 6) is 0.605. The van der Waals surface area contributed by atoms with Gasteiger partial charge in [0.2, 0.25) is 11.8 Å². The molecule has 0 aromatic heterocycles. The molecule has 0 fully saturated rings. The van der Waals surface area contributed by atoms with Gasteiger partial charge in [-0.05, 0) is 0 Å². The molecule has 1 aliphatic heterocycles. The fraction of sp³-hybridized carbons (Fsp3) is 0.429. The van der Waals surface area contributed by atoms with Gasteiger partial charge in [-0.3, -0.25) is 9.59 Å². The summed E-state index contributed by atoms with van der Waals surface area (Å²) in [5, 5.41) is 23.7. The van der Waals surface area contributed by atoms with Crippen molar-refractivity contribution in [2.75, 3.05) is 12.3 Å². The number of rotatable bonds is 4. The number of hydrogen-bond donors (Lipinski definition) is 2. The molecule has 2 N–H and O–H groups in total. The Labute approximate surface area is 127 Å². The van der Waals surface area contributed by atoms with Crippen LogP contribution in [0.15, 0.2) is 10.6 Å². The number of nitriles is 2. The van der Waals surface area contributed by atoms with Crippen LogP contribution in [-0.2, 0) is 9.59 Å². The summed E-state index contributed by atoms with van der Waals surface area (Å²) in [6.45, 7) is 3.45. The van der Waals surface area contributed by atoms with E-state index in [1.165, 1.54) is 0 Å². The van der Waals surface area contributed by atoms with Gasteiger partial charge in [0.1, 0.15) is 5.92 Å². The zero-order chi connectivity index (χ0) is 16.0. The van der Waals surface area contributed by atoms with E-state index < -0.39 is 17.2 Å². The SMILES string of the molecule is C#CCNC(=O)CSC1=C(C#N)C(C)(C)[C@H](C#N)C(=O)N1. The van der Waals surface area contributed by atoms with Crippen LogP contribution in [0.1, 0.15) is 13.8 Å². The van der Waals surface area contributed by atoms with Gasteiger partial charge in [-0.25, -0.2) is 0 Å². The van der Waals surface area contributed by atoms with E-state index in [9.17, 15) is 14.9 Å². The van der Waals surface area contributed by atoms with Crippen molar-refractivity contribution in [3.63, 3.8) is 0 Å². The maximum absolute atomic E-state index is 11.9. The number of amides is 2. The van der Waals surface area contributed by atoms with Crippen molar-refractivity contribution in [3.05, 3.63) is 10.6 Å². The first-order chi connectivity index (χ1) is 9.88. The monoisotopic (exact) mass is 302 g/mol. The summed E-state index contributed by atoms with van der Waals surface area (Å²) in [4.78, 5) is 23.4. The van der Waals surface area contributed by atoms with Crippen LogP contribution < -0.4 is 10.6 Å². The molecule has 0 saturated carbocycles. The molecule has 0 radical (unpaired) electrons. The predicted molar refractivity (Wildman–Crippen MR) is 78.0 cm³/mol. The average molecular weight is 302 g/mol. The van der Waals surface area contributed by atoms with Crippen molar-refractivity contribution in [3.8, 4) is 24.5 Å².